The highest BCUT2D eigenvalue weighted by Crippen LogP contribution is 2.17. The van der Waals surface area contributed by atoms with Crippen molar-refractivity contribution in [3.8, 4) is 0 Å². The Morgan fingerprint density at radius 1 is 1.42 bits per heavy atom. The molecule has 1 aliphatic heterocycles. The molecule has 1 aliphatic rings. The summed E-state index contributed by atoms with van der Waals surface area (Å²) in [6, 6.07) is 6.92. The van der Waals surface area contributed by atoms with Gasteiger partial charge in [0.25, 0.3) is 0 Å². The highest BCUT2D eigenvalue weighted by Gasteiger charge is 2.21. The summed E-state index contributed by atoms with van der Waals surface area (Å²) in [4.78, 5) is 0. The molecule has 0 radical (unpaired) electrons. The van der Waals surface area contributed by atoms with Crippen LogP contribution in [0.4, 0.5) is 4.39 Å². The van der Waals surface area contributed by atoms with E-state index in [2.05, 4.69) is 0 Å². The summed E-state index contributed by atoms with van der Waals surface area (Å²) in [5.41, 5.74) is 0.799. The average Bonchev–Trinajstić information content (AvgIpc) is 2.86. The number of aryl methyl sites for hydroxylation is 1. The van der Waals surface area contributed by atoms with Crippen LogP contribution in [0.15, 0.2) is 24.3 Å². The normalized spacial score (nSPS) is 20.9. The van der Waals surface area contributed by atoms with Crippen molar-refractivity contribution in [2.24, 2.45) is 0 Å². The predicted octanol–water partition coefficient (Wildman–Crippen LogP) is 2.16. The number of hydrogen-bond acceptors (Lipinski definition) is 1. The Morgan fingerprint density at radius 2 is 2.17 bits per heavy atom. The van der Waals surface area contributed by atoms with Crippen molar-refractivity contribution >= 4 is 0 Å². The van der Waals surface area contributed by atoms with Gasteiger partial charge in [0.05, 0.1) is 12.7 Å². The van der Waals surface area contributed by atoms with Gasteiger partial charge in [-0.2, -0.15) is 0 Å². The van der Waals surface area contributed by atoms with Crippen molar-refractivity contribution in [2.45, 2.75) is 18.9 Å². The summed E-state index contributed by atoms with van der Waals surface area (Å²) in [7, 11) is 0. The molecule has 0 aromatic heterocycles. The molecule has 12 heavy (non-hydrogen) atoms. The molecule has 0 aliphatic carbocycles. The number of epoxide rings is 1. The molecule has 1 saturated heterocycles. The van der Waals surface area contributed by atoms with Gasteiger partial charge < -0.3 is 4.74 Å². The lowest BCUT2D eigenvalue weighted by molar-refractivity contribution is 0.395. The number of halogens is 1. The molecule has 0 N–H and O–H groups in total. The zero-order valence-corrected chi connectivity index (χ0v) is 6.79. The third kappa shape index (κ3) is 1.83. The lowest BCUT2D eigenvalue weighted by Gasteiger charge is -1.99. The minimum atomic E-state index is -0.0989. The standard InChI is InChI=1S/C10H11FO/c11-10-4-2-1-3-8(10)5-6-9-7-12-9/h1-4,9H,5-7H2. The third-order valence-electron chi connectivity index (χ3n) is 2.10. The fourth-order valence-electron chi connectivity index (χ4n) is 1.25. The monoisotopic (exact) mass is 166 g/mol. The van der Waals surface area contributed by atoms with E-state index in [1.807, 2.05) is 12.1 Å². The van der Waals surface area contributed by atoms with Crippen LogP contribution in [0.5, 0.6) is 0 Å². The average molecular weight is 166 g/mol. The molecule has 1 aromatic rings. The van der Waals surface area contributed by atoms with Gasteiger partial charge in [0.1, 0.15) is 5.82 Å². The van der Waals surface area contributed by atoms with Crippen molar-refractivity contribution in [1.82, 2.24) is 0 Å². The highest BCUT2D eigenvalue weighted by molar-refractivity contribution is 5.17. The minimum Gasteiger partial charge on any atom is -0.373 e. The van der Waals surface area contributed by atoms with Gasteiger partial charge in [0, 0.05) is 0 Å². The van der Waals surface area contributed by atoms with Crippen LogP contribution in [0.1, 0.15) is 12.0 Å². The van der Waals surface area contributed by atoms with Crippen LogP contribution in [0.3, 0.4) is 0 Å². The molecule has 0 spiro atoms. The number of hydrogen-bond donors (Lipinski definition) is 0. The lowest BCUT2D eigenvalue weighted by Crippen LogP contribution is -1.93. The van der Waals surface area contributed by atoms with E-state index in [9.17, 15) is 4.39 Å². The first-order chi connectivity index (χ1) is 5.86. The summed E-state index contributed by atoms with van der Waals surface area (Å²) >= 11 is 0. The first kappa shape index (κ1) is 7.74. The Balaban J connectivity index is 1.96. The number of rotatable bonds is 3. The summed E-state index contributed by atoms with van der Waals surface area (Å²) in [6.07, 6.45) is 2.13. The summed E-state index contributed by atoms with van der Waals surface area (Å²) in [6.45, 7) is 0.856. The van der Waals surface area contributed by atoms with Crippen LogP contribution in [0.2, 0.25) is 0 Å². The first-order valence-electron chi connectivity index (χ1n) is 4.21. The van der Waals surface area contributed by atoms with Crippen LogP contribution in [-0.4, -0.2) is 12.7 Å². The highest BCUT2D eigenvalue weighted by atomic mass is 19.1. The third-order valence-corrected chi connectivity index (χ3v) is 2.10. The molecule has 1 unspecified atom stereocenters. The maximum Gasteiger partial charge on any atom is 0.126 e. The van der Waals surface area contributed by atoms with E-state index in [0.29, 0.717) is 6.10 Å². The van der Waals surface area contributed by atoms with Gasteiger partial charge in [-0.05, 0) is 24.5 Å². The van der Waals surface area contributed by atoms with Crippen molar-refractivity contribution < 1.29 is 9.13 Å². The molecule has 0 saturated carbocycles. The van der Waals surface area contributed by atoms with E-state index in [1.165, 1.54) is 6.07 Å². The molecule has 1 aromatic carbocycles. The van der Waals surface area contributed by atoms with Crippen LogP contribution >= 0.6 is 0 Å². The Kier molecular flexibility index (Phi) is 2.09. The molecule has 1 nitrogen and oxygen atoms in total. The molecular formula is C10H11FO. The fourth-order valence-corrected chi connectivity index (χ4v) is 1.25. The van der Waals surface area contributed by atoms with Crippen molar-refractivity contribution in [3.63, 3.8) is 0 Å². The topological polar surface area (TPSA) is 12.5 Å². The van der Waals surface area contributed by atoms with E-state index in [-0.39, 0.29) is 5.82 Å². The minimum absolute atomic E-state index is 0.0989. The first-order valence-corrected chi connectivity index (χ1v) is 4.21. The molecule has 2 heteroatoms. The molecule has 2 rings (SSSR count). The van der Waals surface area contributed by atoms with Crippen LogP contribution in [0.25, 0.3) is 0 Å². The van der Waals surface area contributed by atoms with Gasteiger partial charge in [-0.3, -0.25) is 0 Å². The van der Waals surface area contributed by atoms with Crippen LogP contribution in [-0.2, 0) is 11.2 Å². The van der Waals surface area contributed by atoms with Crippen LogP contribution in [0, 0.1) is 5.82 Å². The smallest absolute Gasteiger partial charge is 0.126 e. The van der Waals surface area contributed by atoms with Crippen molar-refractivity contribution in [2.75, 3.05) is 6.61 Å². The quantitative estimate of drug-likeness (QED) is 0.627. The van der Waals surface area contributed by atoms with Gasteiger partial charge >= 0.3 is 0 Å². The van der Waals surface area contributed by atoms with Gasteiger partial charge in [-0.25, -0.2) is 4.39 Å². The maximum absolute atomic E-state index is 13.0. The summed E-state index contributed by atoms with van der Waals surface area (Å²) in [5.74, 6) is -0.0989. The molecule has 1 heterocycles. The van der Waals surface area contributed by atoms with Crippen LogP contribution < -0.4 is 0 Å². The second-order valence-electron chi connectivity index (χ2n) is 3.09. The van der Waals surface area contributed by atoms with Gasteiger partial charge in [-0.15, -0.1) is 0 Å². The summed E-state index contributed by atoms with van der Waals surface area (Å²) in [5, 5.41) is 0. The number of ether oxygens (including phenoxy) is 1. The van der Waals surface area contributed by atoms with E-state index in [1.54, 1.807) is 6.07 Å². The van der Waals surface area contributed by atoms with Gasteiger partial charge in [-0.1, -0.05) is 18.2 Å². The Labute approximate surface area is 71.2 Å². The molecule has 1 atom stereocenters. The van der Waals surface area contributed by atoms with Gasteiger partial charge in [0.15, 0.2) is 0 Å². The number of benzene rings is 1. The summed E-state index contributed by atoms with van der Waals surface area (Å²) < 4.78 is 18.1. The van der Waals surface area contributed by atoms with E-state index < -0.39 is 0 Å². The Bertz CT molecular complexity index is 268. The predicted molar refractivity (Wildman–Crippen MR) is 44.5 cm³/mol. The van der Waals surface area contributed by atoms with E-state index in [0.717, 1.165) is 25.0 Å². The lowest BCUT2D eigenvalue weighted by atomic mass is 10.1. The van der Waals surface area contributed by atoms with Crippen molar-refractivity contribution in [1.29, 1.82) is 0 Å². The van der Waals surface area contributed by atoms with E-state index in [4.69, 9.17) is 4.74 Å². The zero-order chi connectivity index (χ0) is 8.39. The molecular weight excluding hydrogens is 155 g/mol. The second kappa shape index (κ2) is 3.23. The largest absolute Gasteiger partial charge is 0.373 e. The van der Waals surface area contributed by atoms with E-state index >= 15 is 0 Å². The Hall–Kier alpha value is -0.890. The second-order valence-corrected chi connectivity index (χ2v) is 3.09. The SMILES string of the molecule is Fc1ccccc1CCC1CO1. The molecule has 1 fully saturated rings. The maximum atomic E-state index is 13.0. The molecule has 0 bridgehead atoms. The Morgan fingerprint density at radius 3 is 2.83 bits per heavy atom. The fraction of sp³-hybridized carbons (Fsp3) is 0.400. The molecule has 64 valence electrons. The van der Waals surface area contributed by atoms with Crippen molar-refractivity contribution in [3.05, 3.63) is 35.6 Å². The molecule has 0 amide bonds. The van der Waals surface area contributed by atoms with Gasteiger partial charge in [0.2, 0.25) is 0 Å². The zero-order valence-electron chi connectivity index (χ0n) is 6.79.